The van der Waals surface area contributed by atoms with E-state index in [1.807, 2.05) is 20.8 Å². The predicted molar refractivity (Wildman–Crippen MR) is 59.9 cm³/mol. The third kappa shape index (κ3) is 2.33. The Morgan fingerprint density at radius 1 is 1.50 bits per heavy atom. The van der Waals surface area contributed by atoms with E-state index in [4.69, 9.17) is 0 Å². The minimum absolute atomic E-state index is 0.0901. The van der Waals surface area contributed by atoms with Crippen LogP contribution in [0.3, 0.4) is 0 Å². The quantitative estimate of drug-likeness (QED) is 0.741. The minimum atomic E-state index is -0.378. The molecule has 0 radical (unpaired) electrons. The number of halogens is 1. The van der Waals surface area contributed by atoms with Crippen LogP contribution in [0.15, 0.2) is 3.92 Å². The first-order valence-corrected chi connectivity index (χ1v) is 5.72. The van der Waals surface area contributed by atoms with Gasteiger partial charge in [0.05, 0.1) is 7.11 Å². The highest BCUT2D eigenvalue weighted by Crippen LogP contribution is 2.34. The summed E-state index contributed by atoms with van der Waals surface area (Å²) in [6.45, 7) is 6.12. The van der Waals surface area contributed by atoms with Crippen LogP contribution in [-0.4, -0.2) is 18.1 Å². The second-order valence-corrected chi connectivity index (χ2v) is 6.16. The van der Waals surface area contributed by atoms with Gasteiger partial charge in [0.25, 0.3) is 0 Å². The fourth-order valence-electron chi connectivity index (χ4n) is 1.04. The summed E-state index contributed by atoms with van der Waals surface area (Å²) in [6, 6.07) is 0. The minimum Gasteiger partial charge on any atom is -0.464 e. The van der Waals surface area contributed by atoms with E-state index in [0.29, 0.717) is 9.61 Å². The van der Waals surface area contributed by atoms with Crippen molar-refractivity contribution >= 4 is 33.2 Å². The van der Waals surface area contributed by atoms with Crippen LogP contribution in [0.4, 0.5) is 0 Å². The van der Waals surface area contributed by atoms with E-state index in [9.17, 15) is 4.79 Å². The molecule has 0 aliphatic heterocycles. The van der Waals surface area contributed by atoms with Gasteiger partial charge < -0.3 is 4.74 Å². The average Bonchev–Trinajstić information content (AvgIpc) is 2.45. The molecule has 0 amide bonds. The van der Waals surface area contributed by atoms with E-state index in [1.165, 1.54) is 18.4 Å². The molecule has 1 aromatic heterocycles. The molecule has 0 fully saturated rings. The van der Waals surface area contributed by atoms with Gasteiger partial charge in [0.15, 0.2) is 9.61 Å². The highest BCUT2D eigenvalue weighted by Gasteiger charge is 2.26. The molecule has 0 saturated carbocycles. The Bertz CT molecular complexity index is 354. The van der Waals surface area contributed by atoms with Gasteiger partial charge in [-0.25, -0.2) is 9.78 Å². The van der Waals surface area contributed by atoms with Gasteiger partial charge in [0, 0.05) is 4.88 Å². The van der Waals surface area contributed by atoms with E-state index in [2.05, 4.69) is 25.7 Å². The van der Waals surface area contributed by atoms with Gasteiger partial charge in [0.2, 0.25) is 0 Å². The third-order valence-corrected chi connectivity index (χ3v) is 3.59. The molecule has 78 valence electrons. The Morgan fingerprint density at radius 2 is 2.07 bits per heavy atom. The van der Waals surface area contributed by atoms with Crippen LogP contribution in [0.2, 0.25) is 0 Å². The zero-order valence-corrected chi connectivity index (χ0v) is 11.0. The Balaban J connectivity index is 3.23. The lowest BCUT2D eigenvalue weighted by atomic mass is 9.93. The highest BCUT2D eigenvalue weighted by molar-refractivity contribution is 9.11. The largest absolute Gasteiger partial charge is 0.464 e. The van der Waals surface area contributed by atoms with Crippen molar-refractivity contribution in [3.63, 3.8) is 0 Å². The van der Waals surface area contributed by atoms with Crippen LogP contribution in [0.5, 0.6) is 0 Å². The number of ether oxygens (including phenoxy) is 1. The molecule has 0 N–H and O–H groups in total. The first-order valence-electron chi connectivity index (χ1n) is 4.11. The van der Waals surface area contributed by atoms with Crippen LogP contribution in [0.1, 0.15) is 36.1 Å². The molecule has 0 aromatic carbocycles. The lowest BCUT2D eigenvalue weighted by Crippen LogP contribution is -2.15. The fraction of sp³-hybridized carbons (Fsp3) is 0.556. The monoisotopic (exact) mass is 277 g/mol. The molecule has 1 rings (SSSR count). The zero-order chi connectivity index (χ0) is 10.9. The topological polar surface area (TPSA) is 39.2 Å². The summed E-state index contributed by atoms with van der Waals surface area (Å²) < 4.78 is 5.38. The molecule has 0 aliphatic rings. The smallest absolute Gasteiger partial charge is 0.357 e. The number of esters is 1. The fourth-order valence-corrected chi connectivity index (χ4v) is 2.54. The van der Waals surface area contributed by atoms with Gasteiger partial charge in [-0.05, 0) is 21.3 Å². The van der Waals surface area contributed by atoms with E-state index in [-0.39, 0.29) is 11.4 Å². The summed E-state index contributed by atoms with van der Waals surface area (Å²) in [6.07, 6.45) is 0. The maximum absolute atomic E-state index is 11.4. The number of aromatic nitrogens is 1. The summed E-state index contributed by atoms with van der Waals surface area (Å²) >= 11 is 4.74. The molecule has 0 saturated heterocycles. The summed E-state index contributed by atoms with van der Waals surface area (Å²) in [4.78, 5) is 16.4. The number of hydrogen-bond acceptors (Lipinski definition) is 4. The molecule has 1 aromatic rings. The molecule has 0 atom stereocenters. The second kappa shape index (κ2) is 3.98. The molecule has 5 heteroatoms. The Labute approximate surface area is 95.6 Å². The summed E-state index contributed by atoms with van der Waals surface area (Å²) in [5, 5.41) is 0. The van der Waals surface area contributed by atoms with Gasteiger partial charge in [-0.15, -0.1) is 11.3 Å². The van der Waals surface area contributed by atoms with E-state index >= 15 is 0 Å². The van der Waals surface area contributed by atoms with Gasteiger partial charge in [-0.2, -0.15) is 0 Å². The second-order valence-electron chi connectivity index (χ2n) is 3.89. The van der Waals surface area contributed by atoms with E-state index in [0.717, 1.165) is 4.88 Å². The predicted octanol–water partition coefficient (Wildman–Crippen LogP) is 2.99. The van der Waals surface area contributed by atoms with Crippen molar-refractivity contribution in [2.75, 3.05) is 7.11 Å². The van der Waals surface area contributed by atoms with Crippen LogP contribution in [0.25, 0.3) is 0 Å². The van der Waals surface area contributed by atoms with Crippen LogP contribution >= 0.6 is 27.3 Å². The molecular formula is C9H12BrNO2S. The van der Waals surface area contributed by atoms with Crippen molar-refractivity contribution in [1.82, 2.24) is 4.98 Å². The van der Waals surface area contributed by atoms with Crippen LogP contribution < -0.4 is 0 Å². The molecule has 0 bridgehead atoms. The summed E-state index contributed by atoms with van der Waals surface area (Å²) in [7, 11) is 1.36. The van der Waals surface area contributed by atoms with Crippen molar-refractivity contribution in [3.8, 4) is 0 Å². The van der Waals surface area contributed by atoms with Gasteiger partial charge >= 0.3 is 5.97 Å². The molecule has 3 nitrogen and oxygen atoms in total. The highest BCUT2D eigenvalue weighted by atomic mass is 79.9. The molecular weight excluding hydrogens is 266 g/mol. The maximum atomic E-state index is 11.4. The molecule has 0 unspecified atom stereocenters. The average molecular weight is 278 g/mol. The lowest BCUT2D eigenvalue weighted by molar-refractivity contribution is 0.0592. The van der Waals surface area contributed by atoms with Crippen molar-refractivity contribution in [2.45, 2.75) is 26.2 Å². The Morgan fingerprint density at radius 3 is 2.50 bits per heavy atom. The van der Waals surface area contributed by atoms with E-state index in [1.54, 1.807) is 0 Å². The maximum Gasteiger partial charge on any atom is 0.357 e. The van der Waals surface area contributed by atoms with Gasteiger partial charge in [0.1, 0.15) is 0 Å². The molecule has 14 heavy (non-hydrogen) atoms. The van der Waals surface area contributed by atoms with Gasteiger partial charge in [-0.3, -0.25) is 0 Å². The molecule has 0 spiro atoms. The Hall–Kier alpha value is -0.420. The number of hydrogen-bond donors (Lipinski definition) is 0. The Kier molecular flexibility index (Phi) is 3.32. The van der Waals surface area contributed by atoms with Gasteiger partial charge in [-0.1, -0.05) is 20.8 Å². The number of thiazole rings is 1. The number of nitrogens with zero attached hydrogens (tertiary/aromatic N) is 1. The number of methoxy groups -OCH3 is 1. The number of rotatable bonds is 1. The SMILES string of the molecule is COC(=O)c1nc(Br)sc1C(C)(C)C. The van der Waals surface area contributed by atoms with Crippen molar-refractivity contribution < 1.29 is 9.53 Å². The first-order chi connectivity index (χ1) is 6.36. The normalized spacial score (nSPS) is 11.5. The van der Waals surface area contributed by atoms with Crippen LogP contribution in [-0.2, 0) is 10.2 Å². The van der Waals surface area contributed by atoms with E-state index < -0.39 is 0 Å². The molecule has 0 aliphatic carbocycles. The lowest BCUT2D eigenvalue weighted by Gasteiger charge is -2.16. The van der Waals surface area contributed by atoms with Crippen molar-refractivity contribution in [3.05, 3.63) is 14.5 Å². The van der Waals surface area contributed by atoms with Crippen molar-refractivity contribution in [1.29, 1.82) is 0 Å². The van der Waals surface area contributed by atoms with Crippen LogP contribution in [0, 0.1) is 0 Å². The third-order valence-electron chi connectivity index (χ3n) is 1.66. The molecule has 1 heterocycles. The van der Waals surface area contributed by atoms with Crippen molar-refractivity contribution in [2.24, 2.45) is 0 Å². The summed E-state index contributed by atoms with van der Waals surface area (Å²) in [5.41, 5.74) is 0.324. The first kappa shape index (κ1) is 11.7. The number of carbonyl (C=O) groups excluding carboxylic acids is 1. The zero-order valence-electron chi connectivity index (χ0n) is 8.55. The summed E-state index contributed by atoms with van der Waals surface area (Å²) in [5.74, 6) is -0.378. The standard InChI is InChI=1S/C9H12BrNO2S/c1-9(2,3)6-5(7(12)13-4)11-8(10)14-6/h1-4H3. The number of carbonyl (C=O) groups is 1.